The summed E-state index contributed by atoms with van der Waals surface area (Å²) in [6, 6.07) is 6.81. The molecule has 1 fully saturated rings. The second kappa shape index (κ2) is 10.3. The number of amides is 1. The lowest BCUT2D eigenvalue weighted by Crippen LogP contribution is -2.38. The van der Waals surface area contributed by atoms with Crippen LogP contribution in [0.3, 0.4) is 0 Å². The average Bonchev–Trinajstić information content (AvgIpc) is 2.54. The van der Waals surface area contributed by atoms with E-state index in [1.807, 2.05) is 0 Å². The molecule has 0 aromatic heterocycles. The number of benzene rings is 1. The molecule has 1 aliphatic rings. The lowest BCUT2D eigenvalue weighted by Gasteiger charge is -2.25. The average molecular weight is 356 g/mol. The van der Waals surface area contributed by atoms with Crippen molar-refractivity contribution in [1.82, 2.24) is 5.32 Å². The fourth-order valence-corrected chi connectivity index (χ4v) is 3.06. The molecule has 1 aromatic carbocycles. The van der Waals surface area contributed by atoms with E-state index in [1.54, 1.807) is 12.1 Å². The summed E-state index contributed by atoms with van der Waals surface area (Å²) in [5, 5.41) is 13.6. The predicted octanol–water partition coefficient (Wildman–Crippen LogP) is 2.97. The third kappa shape index (κ3) is 6.45. The Bertz CT molecular complexity index is 536. The summed E-state index contributed by atoms with van der Waals surface area (Å²) >= 11 is 0. The molecule has 1 amide bonds. The van der Waals surface area contributed by atoms with Gasteiger partial charge in [0.15, 0.2) is 0 Å². The van der Waals surface area contributed by atoms with Gasteiger partial charge in [-0.15, -0.1) is 12.4 Å². The molecule has 0 spiro atoms. The first kappa shape index (κ1) is 20.4. The minimum Gasteiger partial charge on any atom is -0.356 e. The highest BCUT2D eigenvalue weighted by atomic mass is 35.5. The van der Waals surface area contributed by atoms with E-state index >= 15 is 0 Å². The lowest BCUT2D eigenvalue weighted by atomic mass is 9.85. The number of hydrogen-bond donors (Lipinski definition) is 2. The summed E-state index contributed by atoms with van der Waals surface area (Å²) in [7, 11) is 0. The molecule has 6 nitrogen and oxygen atoms in total. The molecule has 2 unspecified atom stereocenters. The quantitative estimate of drug-likeness (QED) is 0.446. The molecule has 1 aliphatic carbocycles. The summed E-state index contributed by atoms with van der Waals surface area (Å²) in [6.07, 6.45) is 6.53. The Morgan fingerprint density at radius 1 is 1.25 bits per heavy atom. The van der Waals surface area contributed by atoms with Crippen LogP contribution in [0.15, 0.2) is 24.3 Å². The first-order chi connectivity index (χ1) is 11.1. The first-order valence-electron chi connectivity index (χ1n) is 8.33. The number of nitro groups is 1. The van der Waals surface area contributed by atoms with Crippen LogP contribution in [0.2, 0.25) is 0 Å². The highest BCUT2D eigenvalue weighted by molar-refractivity contribution is 5.85. The van der Waals surface area contributed by atoms with E-state index in [-0.39, 0.29) is 36.0 Å². The second-order valence-electron chi connectivity index (χ2n) is 6.30. The van der Waals surface area contributed by atoms with Gasteiger partial charge in [-0.3, -0.25) is 14.9 Å². The van der Waals surface area contributed by atoms with Gasteiger partial charge in [-0.2, -0.15) is 0 Å². The molecular formula is C17H26ClN3O3. The molecule has 1 saturated carbocycles. The van der Waals surface area contributed by atoms with Crippen molar-refractivity contribution in [3.8, 4) is 0 Å². The van der Waals surface area contributed by atoms with Crippen LogP contribution in [0.25, 0.3) is 0 Å². The zero-order valence-electron chi connectivity index (χ0n) is 13.8. The van der Waals surface area contributed by atoms with Crippen molar-refractivity contribution in [3.63, 3.8) is 0 Å². The van der Waals surface area contributed by atoms with E-state index in [4.69, 9.17) is 5.73 Å². The van der Waals surface area contributed by atoms with Crippen LogP contribution in [-0.4, -0.2) is 23.4 Å². The smallest absolute Gasteiger partial charge is 0.269 e. The van der Waals surface area contributed by atoms with Crippen molar-refractivity contribution in [2.24, 2.45) is 11.7 Å². The molecule has 2 rings (SSSR count). The standard InChI is InChI=1S/C17H25N3O3.ClH/c18-15-6-3-5-14(12-15)17(21)19-11-2-1-4-13-7-9-16(10-8-13)20(22)23;/h7-10,14-15H,1-6,11-12,18H2,(H,19,21);1H. The van der Waals surface area contributed by atoms with Crippen molar-refractivity contribution in [2.75, 3.05) is 6.54 Å². The van der Waals surface area contributed by atoms with E-state index in [2.05, 4.69) is 5.32 Å². The summed E-state index contributed by atoms with van der Waals surface area (Å²) in [5.41, 5.74) is 7.11. The van der Waals surface area contributed by atoms with Gasteiger partial charge in [0.25, 0.3) is 5.69 Å². The maximum Gasteiger partial charge on any atom is 0.269 e. The highest BCUT2D eigenvalue weighted by Crippen LogP contribution is 2.23. The maximum absolute atomic E-state index is 12.0. The number of hydrogen-bond acceptors (Lipinski definition) is 4. The molecule has 134 valence electrons. The summed E-state index contributed by atoms with van der Waals surface area (Å²) in [4.78, 5) is 22.2. The number of aryl methyl sites for hydroxylation is 1. The van der Waals surface area contributed by atoms with Gasteiger partial charge in [-0.1, -0.05) is 18.6 Å². The Kier molecular flexibility index (Phi) is 8.71. The van der Waals surface area contributed by atoms with E-state index in [9.17, 15) is 14.9 Å². The van der Waals surface area contributed by atoms with Crippen LogP contribution in [0.5, 0.6) is 0 Å². The maximum atomic E-state index is 12.0. The largest absolute Gasteiger partial charge is 0.356 e. The molecule has 0 saturated heterocycles. The van der Waals surface area contributed by atoms with Gasteiger partial charge in [0, 0.05) is 30.6 Å². The number of nitrogens with two attached hydrogens (primary N) is 1. The molecule has 0 aliphatic heterocycles. The second-order valence-corrected chi connectivity index (χ2v) is 6.30. The number of nitrogens with zero attached hydrogens (tertiary/aromatic N) is 1. The first-order valence-corrected chi connectivity index (χ1v) is 8.33. The monoisotopic (exact) mass is 355 g/mol. The van der Waals surface area contributed by atoms with Gasteiger partial charge in [-0.25, -0.2) is 0 Å². The van der Waals surface area contributed by atoms with E-state index in [0.717, 1.165) is 50.5 Å². The Morgan fingerprint density at radius 3 is 2.58 bits per heavy atom. The molecule has 7 heteroatoms. The third-order valence-electron chi connectivity index (χ3n) is 4.42. The van der Waals surface area contributed by atoms with Crippen molar-refractivity contribution in [3.05, 3.63) is 39.9 Å². The minimum absolute atomic E-state index is 0. The minimum atomic E-state index is -0.392. The van der Waals surface area contributed by atoms with Crippen LogP contribution >= 0.6 is 12.4 Å². The Labute approximate surface area is 148 Å². The fraction of sp³-hybridized carbons (Fsp3) is 0.588. The zero-order valence-corrected chi connectivity index (χ0v) is 14.6. The molecule has 24 heavy (non-hydrogen) atoms. The van der Waals surface area contributed by atoms with Gasteiger partial charge in [0.05, 0.1) is 4.92 Å². The molecular weight excluding hydrogens is 330 g/mol. The third-order valence-corrected chi connectivity index (χ3v) is 4.42. The summed E-state index contributed by atoms with van der Waals surface area (Å²) < 4.78 is 0. The van der Waals surface area contributed by atoms with E-state index < -0.39 is 4.92 Å². The number of non-ortho nitro benzene ring substituents is 1. The molecule has 0 radical (unpaired) electrons. The van der Waals surface area contributed by atoms with Gasteiger partial charge in [0.2, 0.25) is 5.91 Å². The summed E-state index contributed by atoms with van der Waals surface area (Å²) in [5.74, 6) is 0.212. The fourth-order valence-electron chi connectivity index (χ4n) is 3.06. The van der Waals surface area contributed by atoms with Crippen molar-refractivity contribution >= 4 is 24.0 Å². The number of rotatable bonds is 7. The Hall–Kier alpha value is -1.66. The molecule has 1 aromatic rings. The number of carbonyl (C=O) groups is 1. The van der Waals surface area contributed by atoms with Gasteiger partial charge < -0.3 is 11.1 Å². The van der Waals surface area contributed by atoms with Crippen molar-refractivity contribution in [2.45, 2.75) is 51.0 Å². The van der Waals surface area contributed by atoms with Crippen LogP contribution in [0, 0.1) is 16.0 Å². The van der Waals surface area contributed by atoms with E-state index in [1.165, 1.54) is 12.1 Å². The SMILES string of the molecule is Cl.NC1CCCC(C(=O)NCCCCc2ccc([N+](=O)[O-])cc2)C1. The van der Waals surface area contributed by atoms with Crippen LogP contribution < -0.4 is 11.1 Å². The molecule has 0 heterocycles. The lowest BCUT2D eigenvalue weighted by molar-refractivity contribution is -0.384. The predicted molar refractivity (Wildman–Crippen MR) is 96.2 cm³/mol. The van der Waals surface area contributed by atoms with Crippen molar-refractivity contribution < 1.29 is 9.72 Å². The topological polar surface area (TPSA) is 98.3 Å². The van der Waals surface area contributed by atoms with Gasteiger partial charge >= 0.3 is 0 Å². The molecule has 3 N–H and O–H groups in total. The Morgan fingerprint density at radius 2 is 1.96 bits per heavy atom. The molecule has 0 bridgehead atoms. The van der Waals surface area contributed by atoms with Gasteiger partial charge in [-0.05, 0) is 44.1 Å². The number of carbonyl (C=O) groups excluding carboxylic acids is 1. The zero-order chi connectivity index (χ0) is 16.7. The number of nitrogens with one attached hydrogen (secondary N) is 1. The van der Waals surface area contributed by atoms with Crippen LogP contribution in [0.4, 0.5) is 5.69 Å². The number of halogens is 1. The normalized spacial score (nSPS) is 20.0. The summed E-state index contributed by atoms with van der Waals surface area (Å²) in [6.45, 7) is 0.678. The van der Waals surface area contributed by atoms with Gasteiger partial charge in [0.1, 0.15) is 0 Å². The van der Waals surface area contributed by atoms with Crippen LogP contribution in [-0.2, 0) is 11.2 Å². The molecule has 2 atom stereocenters. The number of unbranched alkanes of at least 4 members (excludes halogenated alkanes) is 1. The number of nitro benzene ring substituents is 1. The van der Waals surface area contributed by atoms with Crippen LogP contribution in [0.1, 0.15) is 44.1 Å². The highest BCUT2D eigenvalue weighted by Gasteiger charge is 2.24. The Balaban J connectivity index is 0.00000288. The van der Waals surface area contributed by atoms with Crippen molar-refractivity contribution in [1.29, 1.82) is 0 Å². The van der Waals surface area contributed by atoms with E-state index in [0.29, 0.717) is 6.54 Å².